The highest BCUT2D eigenvalue weighted by molar-refractivity contribution is 7.98. The van der Waals surface area contributed by atoms with E-state index < -0.39 is 0 Å². The minimum atomic E-state index is -0.00190. The standard InChI is InChI=1S/C25H29N5O2S/c1-3-29(4-2)15-10-16-30-24(31)20-13-8-9-14-21(20)26-25(30)33-18-23-27-22(28-32-23)17-19-11-6-5-7-12-19/h5-9,11-14H,3-4,10,15-18H2,1-2H3. The molecule has 0 bridgehead atoms. The van der Waals surface area contributed by atoms with E-state index in [9.17, 15) is 4.79 Å². The van der Waals surface area contributed by atoms with Crippen LogP contribution < -0.4 is 5.56 Å². The number of rotatable bonds is 11. The molecule has 0 spiro atoms. The van der Waals surface area contributed by atoms with Crippen LogP contribution in [0.2, 0.25) is 0 Å². The SMILES string of the molecule is CCN(CC)CCCn1c(SCc2nc(Cc3ccccc3)no2)nc2ccccc2c1=O. The van der Waals surface area contributed by atoms with E-state index in [1.165, 1.54) is 11.8 Å². The molecule has 4 rings (SSSR count). The van der Waals surface area contributed by atoms with Gasteiger partial charge in [0.15, 0.2) is 11.0 Å². The summed E-state index contributed by atoms with van der Waals surface area (Å²) in [5.74, 6) is 1.64. The van der Waals surface area contributed by atoms with Crippen molar-refractivity contribution in [1.29, 1.82) is 0 Å². The zero-order valence-electron chi connectivity index (χ0n) is 19.1. The first kappa shape index (κ1) is 23.2. The molecule has 0 aliphatic rings. The largest absolute Gasteiger partial charge is 0.338 e. The number of nitrogens with zero attached hydrogens (tertiary/aromatic N) is 5. The van der Waals surface area contributed by atoms with Gasteiger partial charge in [-0.05, 0) is 43.8 Å². The van der Waals surface area contributed by atoms with Crippen molar-refractivity contribution in [3.63, 3.8) is 0 Å². The average molecular weight is 464 g/mol. The molecule has 8 heteroatoms. The highest BCUT2D eigenvalue weighted by atomic mass is 32.2. The molecule has 7 nitrogen and oxygen atoms in total. The van der Waals surface area contributed by atoms with Crippen molar-refractivity contribution >= 4 is 22.7 Å². The maximum atomic E-state index is 13.2. The van der Waals surface area contributed by atoms with Crippen LogP contribution in [0.4, 0.5) is 0 Å². The maximum Gasteiger partial charge on any atom is 0.262 e. The first-order chi connectivity index (χ1) is 16.2. The number of hydrogen-bond donors (Lipinski definition) is 0. The van der Waals surface area contributed by atoms with Crippen molar-refractivity contribution in [2.24, 2.45) is 0 Å². The summed E-state index contributed by atoms with van der Waals surface area (Å²) in [7, 11) is 0. The van der Waals surface area contributed by atoms with Crippen LogP contribution in [0.25, 0.3) is 10.9 Å². The van der Waals surface area contributed by atoms with Gasteiger partial charge in [-0.1, -0.05) is 73.2 Å². The number of aromatic nitrogens is 4. The van der Waals surface area contributed by atoms with Gasteiger partial charge in [-0.3, -0.25) is 9.36 Å². The van der Waals surface area contributed by atoms with Crippen molar-refractivity contribution in [2.75, 3.05) is 19.6 Å². The quantitative estimate of drug-likeness (QED) is 0.241. The molecule has 0 amide bonds. The number of thioether (sulfide) groups is 1. The number of benzene rings is 2. The van der Waals surface area contributed by atoms with Crippen LogP contribution in [0, 0.1) is 0 Å². The summed E-state index contributed by atoms with van der Waals surface area (Å²) in [4.78, 5) is 24.9. The second-order valence-corrected chi connectivity index (χ2v) is 8.75. The highest BCUT2D eigenvalue weighted by Gasteiger charge is 2.14. The molecular weight excluding hydrogens is 434 g/mol. The molecule has 2 aromatic heterocycles. The lowest BCUT2D eigenvalue weighted by Gasteiger charge is -2.19. The summed E-state index contributed by atoms with van der Waals surface area (Å²) < 4.78 is 7.24. The number of hydrogen-bond acceptors (Lipinski definition) is 7. The van der Waals surface area contributed by atoms with Gasteiger partial charge in [0.25, 0.3) is 5.56 Å². The van der Waals surface area contributed by atoms with Crippen molar-refractivity contribution in [3.05, 3.63) is 82.2 Å². The smallest absolute Gasteiger partial charge is 0.262 e. The molecule has 4 aromatic rings. The number of para-hydroxylation sites is 1. The summed E-state index contributed by atoms with van der Waals surface area (Å²) >= 11 is 1.46. The minimum Gasteiger partial charge on any atom is -0.338 e. The van der Waals surface area contributed by atoms with E-state index in [0.29, 0.717) is 46.5 Å². The van der Waals surface area contributed by atoms with Gasteiger partial charge in [-0.25, -0.2) is 4.98 Å². The lowest BCUT2D eigenvalue weighted by atomic mass is 10.1. The van der Waals surface area contributed by atoms with Crippen molar-refractivity contribution < 1.29 is 4.52 Å². The fraction of sp³-hybridized carbons (Fsp3) is 0.360. The Kier molecular flexibility index (Phi) is 7.91. The Labute approximate surface area is 197 Å². The average Bonchev–Trinajstić information content (AvgIpc) is 3.29. The summed E-state index contributed by atoms with van der Waals surface area (Å²) in [6.07, 6.45) is 1.51. The Bertz CT molecular complexity index is 1230. The second-order valence-electron chi connectivity index (χ2n) is 7.80. The zero-order valence-corrected chi connectivity index (χ0v) is 19.9. The third-order valence-electron chi connectivity index (χ3n) is 5.62. The van der Waals surface area contributed by atoms with E-state index in [4.69, 9.17) is 9.51 Å². The van der Waals surface area contributed by atoms with Crippen molar-refractivity contribution in [2.45, 2.75) is 44.1 Å². The van der Waals surface area contributed by atoms with Crippen LogP contribution in [0.3, 0.4) is 0 Å². The third-order valence-corrected chi connectivity index (χ3v) is 6.58. The van der Waals surface area contributed by atoms with Gasteiger partial charge in [-0.2, -0.15) is 4.98 Å². The van der Waals surface area contributed by atoms with E-state index in [2.05, 4.69) is 28.9 Å². The van der Waals surface area contributed by atoms with Gasteiger partial charge >= 0.3 is 0 Å². The summed E-state index contributed by atoms with van der Waals surface area (Å²) in [6, 6.07) is 17.6. The van der Waals surface area contributed by atoms with Gasteiger partial charge < -0.3 is 9.42 Å². The Morgan fingerprint density at radius 3 is 2.55 bits per heavy atom. The molecule has 0 radical (unpaired) electrons. The topological polar surface area (TPSA) is 77.1 Å². The van der Waals surface area contributed by atoms with Gasteiger partial charge in [0.2, 0.25) is 5.89 Å². The predicted molar refractivity (Wildman–Crippen MR) is 132 cm³/mol. The molecule has 0 aliphatic heterocycles. The van der Waals surface area contributed by atoms with E-state index in [0.717, 1.165) is 31.6 Å². The monoisotopic (exact) mass is 463 g/mol. The van der Waals surface area contributed by atoms with Crippen molar-refractivity contribution in [1.82, 2.24) is 24.6 Å². The summed E-state index contributed by atoms with van der Waals surface area (Å²) in [5, 5.41) is 5.44. The van der Waals surface area contributed by atoms with Gasteiger partial charge in [0.1, 0.15) is 0 Å². The highest BCUT2D eigenvalue weighted by Crippen LogP contribution is 2.22. The van der Waals surface area contributed by atoms with Crippen LogP contribution in [0.15, 0.2) is 69.1 Å². The molecule has 2 heterocycles. The minimum absolute atomic E-state index is 0.00190. The van der Waals surface area contributed by atoms with Gasteiger partial charge in [0.05, 0.1) is 16.7 Å². The Morgan fingerprint density at radius 1 is 1.00 bits per heavy atom. The van der Waals surface area contributed by atoms with Gasteiger partial charge in [0, 0.05) is 13.0 Å². The lowest BCUT2D eigenvalue weighted by Crippen LogP contribution is -2.28. The van der Waals surface area contributed by atoms with Crippen LogP contribution in [-0.2, 0) is 18.7 Å². The molecule has 0 unspecified atom stereocenters. The Morgan fingerprint density at radius 2 is 1.76 bits per heavy atom. The molecule has 33 heavy (non-hydrogen) atoms. The van der Waals surface area contributed by atoms with E-state index in [1.807, 2.05) is 54.6 Å². The second kappa shape index (κ2) is 11.2. The molecule has 2 aromatic carbocycles. The van der Waals surface area contributed by atoms with Gasteiger partial charge in [-0.15, -0.1) is 0 Å². The molecule has 0 saturated carbocycles. The normalized spacial score (nSPS) is 11.5. The van der Waals surface area contributed by atoms with Crippen LogP contribution >= 0.6 is 11.8 Å². The number of fused-ring (bicyclic) bond motifs is 1. The Hall–Kier alpha value is -2.97. The third kappa shape index (κ3) is 5.89. The fourth-order valence-corrected chi connectivity index (χ4v) is 4.64. The summed E-state index contributed by atoms with van der Waals surface area (Å²) in [5.41, 5.74) is 1.84. The molecular formula is C25H29N5O2S. The van der Waals surface area contributed by atoms with E-state index in [1.54, 1.807) is 4.57 Å². The first-order valence-electron chi connectivity index (χ1n) is 11.4. The molecule has 0 aliphatic carbocycles. The molecule has 0 saturated heterocycles. The zero-order chi connectivity index (χ0) is 23.0. The fourth-order valence-electron chi connectivity index (χ4n) is 3.77. The van der Waals surface area contributed by atoms with E-state index in [-0.39, 0.29) is 5.56 Å². The van der Waals surface area contributed by atoms with Crippen LogP contribution in [0.5, 0.6) is 0 Å². The molecule has 172 valence electrons. The summed E-state index contributed by atoms with van der Waals surface area (Å²) in [6.45, 7) is 7.90. The predicted octanol–water partition coefficient (Wildman–Crippen LogP) is 4.39. The van der Waals surface area contributed by atoms with E-state index >= 15 is 0 Å². The first-order valence-corrected chi connectivity index (χ1v) is 12.4. The molecule has 0 atom stereocenters. The van der Waals surface area contributed by atoms with Crippen LogP contribution in [-0.4, -0.2) is 44.2 Å². The molecule has 0 fully saturated rings. The Balaban J connectivity index is 1.50. The molecule has 0 N–H and O–H groups in total. The van der Waals surface area contributed by atoms with Crippen LogP contribution in [0.1, 0.15) is 37.5 Å². The maximum absolute atomic E-state index is 13.2. The lowest BCUT2D eigenvalue weighted by molar-refractivity contribution is 0.290. The van der Waals surface area contributed by atoms with Crippen molar-refractivity contribution in [3.8, 4) is 0 Å².